The highest BCUT2D eigenvalue weighted by molar-refractivity contribution is 6.20. The number of carbonyl (C=O) groups is 3. The number of nitrogens with one attached hydrogen (secondary N) is 2. The summed E-state index contributed by atoms with van der Waals surface area (Å²) in [5, 5.41) is 12.6. The summed E-state index contributed by atoms with van der Waals surface area (Å²) in [6.45, 7) is 8.78. The number of anilines is 1. The van der Waals surface area contributed by atoms with Gasteiger partial charge in [0.25, 0.3) is 0 Å². The van der Waals surface area contributed by atoms with Crippen molar-refractivity contribution in [2.45, 2.75) is 76.8 Å². The summed E-state index contributed by atoms with van der Waals surface area (Å²) in [6.07, 6.45) is 3.25. The molecule has 2 fully saturated rings. The molecule has 3 heterocycles. The number of rotatable bonds is 6. The van der Waals surface area contributed by atoms with Crippen LogP contribution < -0.4 is 10.2 Å². The number of benzene rings is 3. The lowest BCUT2D eigenvalue weighted by Crippen LogP contribution is -2.43. The number of aryl methyl sites for hydroxylation is 1. The van der Waals surface area contributed by atoms with E-state index < -0.39 is 23.1 Å². The van der Waals surface area contributed by atoms with Crippen LogP contribution in [-0.2, 0) is 28.0 Å². The van der Waals surface area contributed by atoms with Crippen LogP contribution in [0.4, 0.5) is 10.1 Å². The molecule has 2 saturated heterocycles. The molecule has 0 spiro atoms. The van der Waals surface area contributed by atoms with Gasteiger partial charge in [0.1, 0.15) is 5.82 Å². The lowest BCUT2D eigenvalue weighted by Gasteiger charge is -2.40. The van der Waals surface area contributed by atoms with Crippen LogP contribution >= 0.6 is 0 Å². The third-order valence-electron chi connectivity index (χ3n) is 10.8. The minimum atomic E-state index is -0.638. The summed E-state index contributed by atoms with van der Waals surface area (Å²) in [5.41, 5.74) is 7.82. The van der Waals surface area contributed by atoms with Crippen molar-refractivity contribution >= 4 is 34.2 Å². The third kappa shape index (κ3) is 5.29. The molecule has 8 nitrogen and oxygen atoms in total. The molecule has 2 amide bonds. The second kappa shape index (κ2) is 12.0. The number of imide groups is 1. The number of ketones is 1. The summed E-state index contributed by atoms with van der Waals surface area (Å²) in [6, 6.07) is 17.4. The van der Waals surface area contributed by atoms with Crippen molar-refractivity contribution in [2.75, 3.05) is 25.0 Å². The van der Waals surface area contributed by atoms with Crippen molar-refractivity contribution in [1.29, 1.82) is 5.26 Å². The lowest BCUT2D eigenvalue weighted by molar-refractivity contribution is -0.134. The molecule has 1 aliphatic carbocycles. The van der Waals surface area contributed by atoms with E-state index in [-0.39, 0.29) is 18.1 Å². The highest BCUT2D eigenvalue weighted by atomic mass is 19.1. The maximum Gasteiger partial charge on any atom is 0.234 e. The normalized spacial score (nSPS) is 19.3. The zero-order valence-corrected chi connectivity index (χ0v) is 27.9. The van der Waals surface area contributed by atoms with Crippen molar-refractivity contribution in [2.24, 2.45) is 0 Å². The maximum absolute atomic E-state index is 15.1. The summed E-state index contributed by atoms with van der Waals surface area (Å²) in [7, 11) is 2.08. The van der Waals surface area contributed by atoms with E-state index in [0.29, 0.717) is 35.7 Å². The molecule has 1 atom stereocenters. The van der Waals surface area contributed by atoms with Crippen LogP contribution in [0.1, 0.15) is 102 Å². The topological polar surface area (TPSA) is 109 Å². The zero-order valence-electron chi connectivity index (χ0n) is 27.9. The van der Waals surface area contributed by atoms with Gasteiger partial charge in [0.2, 0.25) is 11.8 Å². The predicted octanol–water partition coefficient (Wildman–Crippen LogP) is 6.23. The number of carbonyl (C=O) groups excluding carboxylic acids is 3. The minimum absolute atomic E-state index is 0.0263. The first-order valence-corrected chi connectivity index (χ1v) is 16.9. The molecule has 9 heteroatoms. The number of hydrogen-bond acceptors (Lipinski definition) is 6. The molecule has 2 aliphatic heterocycles. The second-order valence-electron chi connectivity index (χ2n) is 14.1. The first-order valence-electron chi connectivity index (χ1n) is 16.9. The van der Waals surface area contributed by atoms with Crippen LogP contribution in [-0.4, -0.2) is 53.7 Å². The van der Waals surface area contributed by atoms with Gasteiger partial charge in [-0.2, -0.15) is 5.26 Å². The Morgan fingerprint density at radius 1 is 1.04 bits per heavy atom. The van der Waals surface area contributed by atoms with Crippen LogP contribution in [0, 0.1) is 17.1 Å². The largest absolute Gasteiger partial charge is 0.371 e. The second-order valence-corrected chi connectivity index (χ2v) is 14.1. The number of fused-ring (bicyclic) bond motifs is 4. The number of aromatic amines is 1. The van der Waals surface area contributed by atoms with E-state index in [2.05, 4.69) is 66.1 Å². The van der Waals surface area contributed by atoms with Crippen molar-refractivity contribution in [1.82, 2.24) is 15.2 Å². The van der Waals surface area contributed by atoms with E-state index in [9.17, 15) is 19.6 Å². The predicted molar refractivity (Wildman–Crippen MR) is 183 cm³/mol. The van der Waals surface area contributed by atoms with Gasteiger partial charge in [-0.15, -0.1) is 0 Å². The quantitative estimate of drug-likeness (QED) is 0.241. The van der Waals surface area contributed by atoms with Gasteiger partial charge in [0, 0.05) is 70.9 Å². The Hall–Kier alpha value is -4.81. The number of aromatic nitrogens is 1. The van der Waals surface area contributed by atoms with Crippen LogP contribution in [0.25, 0.3) is 10.9 Å². The molecular weight excluding hydrogens is 605 g/mol. The molecule has 246 valence electrons. The highest BCUT2D eigenvalue weighted by Crippen LogP contribution is 2.46. The fourth-order valence-electron chi connectivity index (χ4n) is 8.06. The van der Waals surface area contributed by atoms with Gasteiger partial charge in [-0.1, -0.05) is 39.0 Å². The van der Waals surface area contributed by atoms with Gasteiger partial charge >= 0.3 is 0 Å². The molecular formula is C39H40FN5O3. The lowest BCUT2D eigenvalue weighted by atomic mass is 9.70. The van der Waals surface area contributed by atoms with E-state index in [0.717, 1.165) is 71.2 Å². The Morgan fingerprint density at radius 2 is 1.81 bits per heavy atom. The van der Waals surface area contributed by atoms with Crippen molar-refractivity contribution in [3.8, 4) is 6.07 Å². The summed E-state index contributed by atoms with van der Waals surface area (Å²) >= 11 is 0. The van der Waals surface area contributed by atoms with E-state index in [1.807, 2.05) is 18.2 Å². The number of piperidine rings is 2. The van der Waals surface area contributed by atoms with E-state index in [4.69, 9.17) is 0 Å². The maximum atomic E-state index is 15.1. The minimum Gasteiger partial charge on any atom is -0.371 e. The van der Waals surface area contributed by atoms with Crippen molar-refractivity contribution in [3.05, 3.63) is 99.0 Å². The third-order valence-corrected chi connectivity index (χ3v) is 10.8. The molecule has 48 heavy (non-hydrogen) atoms. The number of amides is 2. The number of H-pyrrole nitrogens is 1. The number of nitrogens with zero attached hydrogens (tertiary/aromatic N) is 3. The van der Waals surface area contributed by atoms with Gasteiger partial charge in [-0.3, -0.25) is 24.6 Å². The van der Waals surface area contributed by atoms with Crippen LogP contribution in [0.5, 0.6) is 0 Å². The molecule has 3 aliphatic rings. The molecule has 0 radical (unpaired) electrons. The van der Waals surface area contributed by atoms with Crippen molar-refractivity contribution < 1.29 is 18.8 Å². The molecule has 2 N–H and O–H groups in total. The Kier molecular flexibility index (Phi) is 7.95. The van der Waals surface area contributed by atoms with Gasteiger partial charge in [-0.05, 0) is 79.8 Å². The van der Waals surface area contributed by atoms with Crippen molar-refractivity contribution in [3.63, 3.8) is 0 Å². The van der Waals surface area contributed by atoms with Gasteiger partial charge in [-0.25, -0.2) is 4.39 Å². The molecule has 0 saturated carbocycles. The number of halogens is 1. The molecule has 7 rings (SSSR count). The average molecular weight is 646 g/mol. The highest BCUT2D eigenvalue weighted by Gasteiger charge is 2.41. The van der Waals surface area contributed by atoms with E-state index >= 15 is 4.39 Å². The van der Waals surface area contributed by atoms with Gasteiger partial charge in [0.15, 0.2) is 5.78 Å². The summed E-state index contributed by atoms with van der Waals surface area (Å²) in [4.78, 5) is 46.1. The van der Waals surface area contributed by atoms with Gasteiger partial charge < -0.3 is 9.88 Å². The summed E-state index contributed by atoms with van der Waals surface area (Å²) < 4.78 is 15.1. The molecule has 0 bridgehead atoms. The zero-order chi connectivity index (χ0) is 33.9. The number of hydrogen-bond donors (Lipinski definition) is 2. The Morgan fingerprint density at radius 3 is 2.50 bits per heavy atom. The molecule has 4 aromatic rings. The van der Waals surface area contributed by atoms with E-state index in [1.54, 1.807) is 12.1 Å². The SMILES string of the molecule is CCc1cc2c(cc1N1CCC(N(C)Cc3ccc(C4CCC(=O)NC4=O)c(F)c3)CC1)C(C)(C)c1[nH]c3cc(C#N)ccc3c1C2=O. The smallest absolute Gasteiger partial charge is 0.234 e. The number of nitriles is 1. The van der Waals surface area contributed by atoms with Gasteiger partial charge in [0.05, 0.1) is 23.1 Å². The first-order chi connectivity index (χ1) is 23.0. The average Bonchev–Trinajstić information content (AvgIpc) is 3.47. The fourth-order valence-corrected chi connectivity index (χ4v) is 8.06. The fraction of sp³-hybridized carbons (Fsp3) is 0.385. The van der Waals surface area contributed by atoms with Crippen LogP contribution in [0.3, 0.4) is 0 Å². The molecule has 1 unspecified atom stereocenters. The molecule has 3 aromatic carbocycles. The standard InChI is InChI=1S/C39H40FN5O3/c1-5-24-18-29-30(39(2,3)37-35(36(29)47)28-9-6-22(20-41)17-32(28)42-37)19-33(24)45-14-12-25(13-15-45)44(4)21-23-7-8-26(31(40)16-23)27-10-11-34(46)43-38(27)48/h6-9,16-19,25,27,42H,5,10-15,21H2,1-4H3,(H,43,46,48). The Balaban J connectivity index is 1.07. The van der Waals surface area contributed by atoms with E-state index in [1.165, 1.54) is 11.8 Å². The monoisotopic (exact) mass is 645 g/mol. The first kappa shape index (κ1) is 31.8. The van der Waals surface area contributed by atoms with Crippen LogP contribution in [0.15, 0.2) is 48.5 Å². The molecule has 1 aromatic heterocycles. The summed E-state index contributed by atoms with van der Waals surface area (Å²) in [5.74, 6) is -1.75. The van der Waals surface area contributed by atoms with Crippen LogP contribution in [0.2, 0.25) is 0 Å². The Labute approximate surface area is 279 Å². The Bertz CT molecular complexity index is 2030.